The second-order valence-electron chi connectivity index (χ2n) is 9.30. The summed E-state index contributed by atoms with van der Waals surface area (Å²) in [7, 11) is 0. The number of alkyl halides is 3. The molecule has 0 aliphatic carbocycles. The summed E-state index contributed by atoms with van der Waals surface area (Å²) in [5.41, 5.74) is 2.35. The Bertz CT molecular complexity index is 1600. The van der Waals surface area contributed by atoms with Gasteiger partial charge in [-0.25, -0.2) is 19.2 Å². The van der Waals surface area contributed by atoms with Gasteiger partial charge in [0.25, 0.3) is 5.91 Å². The molecular weight excluding hydrogens is 495 g/mol. The summed E-state index contributed by atoms with van der Waals surface area (Å²) in [6, 6.07) is 16.0. The normalized spacial score (nSPS) is 11.9. The lowest BCUT2D eigenvalue weighted by Crippen LogP contribution is -2.16. The number of hydrogen-bond donors (Lipinski definition) is 1. The molecule has 3 aromatic heterocycles. The standard InChI is InChI=1S/C27H24F3N7O/c1-16(2)19-8-10-20(11-9-19)22-12-23(27(28,29)30)37-24(33-22)21(13-32-37)25(38)34-26-31-15-36(35-26)14-18-6-4-17(3)5-7-18/h4-13,15-16H,14H2,1-3H3,(H,34,35,38). The summed E-state index contributed by atoms with van der Waals surface area (Å²) >= 11 is 0. The number of carbonyl (C=O) groups is 1. The number of aromatic nitrogens is 6. The first-order chi connectivity index (χ1) is 18.1. The zero-order valence-electron chi connectivity index (χ0n) is 20.9. The third kappa shape index (κ3) is 5.13. The number of hydrogen-bond acceptors (Lipinski definition) is 5. The molecule has 0 aliphatic rings. The summed E-state index contributed by atoms with van der Waals surface area (Å²) in [6.07, 6.45) is -2.20. The average Bonchev–Trinajstić information content (AvgIpc) is 3.51. The molecule has 5 rings (SSSR count). The van der Waals surface area contributed by atoms with Gasteiger partial charge in [-0.15, -0.1) is 5.10 Å². The highest BCUT2D eigenvalue weighted by atomic mass is 19.4. The first kappa shape index (κ1) is 25.1. The fourth-order valence-corrected chi connectivity index (χ4v) is 3.99. The van der Waals surface area contributed by atoms with Crippen molar-refractivity contribution in [3.63, 3.8) is 0 Å². The van der Waals surface area contributed by atoms with Crippen LogP contribution >= 0.6 is 0 Å². The van der Waals surface area contributed by atoms with Crippen LogP contribution in [0.15, 0.2) is 67.1 Å². The van der Waals surface area contributed by atoms with Gasteiger partial charge in [-0.1, -0.05) is 67.9 Å². The Morgan fingerprint density at radius 3 is 2.42 bits per heavy atom. The Morgan fingerprint density at radius 1 is 1.05 bits per heavy atom. The van der Waals surface area contributed by atoms with Gasteiger partial charge in [-0.2, -0.15) is 18.3 Å². The Kier molecular flexibility index (Phi) is 6.43. The van der Waals surface area contributed by atoms with Gasteiger partial charge in [0.1, 0.15) is 11.9 Å². The molecule has 2 aromatic carbocycles. The van der Waals surface area contributed by atoms with E-state index in [2.05, 4.69) is 25.5 Å². The first-order valence-corrected chi connectivity index (χ1v) is 11.9. The van der Waals surface area contributed by atoms with Crippen molar-refractivity contribution < 1.29 is 18.0 Å². The SMILES string of the molecule is Cc1ccc(Cn2cnc(NC(=O)c3cnn4c(C(F)(F)F)cc(-c5ccc(C(C)C)cc5)nc34)n2)cc1. The zero-order valence-corrected chi connectivity index (χ0v) is 20.9. The van der Waals surface area contributed by atoms with Gasteiger partial charge >= 0.3 is 6.18 Å². The third-order valence-electron chi connectivity index (χ3n) is 6.11. The van der Waals surface area contributed by atoms with Crippen LogP contribution in [0.5, 0.6) is 0 Å². The van der Waals surface area contributed by atoms with Crippen LogP contribution in [0.1, 0.15) is 52.5 Å². The molecule has 0 unspecified atom stereocenters. The number of benzene rings is 2. The Morgan fingerprint density at radius 2 is 1.76 bits per heavy atom. The van der Waals surface area contributed by atoms with Crippen molar-refractivity contribution in [3.8, 4) is 11.3 Å². The first-order valence-electron chi connectivity index (χ1n) is 11.9. The molecule has 0 aliphatic heterocycles. The fraction of sp³-hybridized carbons (Fsp3) is 0.222. The summed E-state index contributed by atoms with van der Waals surface area (Å²) < 4.78 is 44.0. The molecule has 0 fully saturated rings. The molecular formula is C27H24F3N7O. The van der Waals surface area contributed by atoms with Gasteiger partial charge in [0.2, 0.25) is 5.95 Å². The van der Waals surface area contributed by atoms with Crippen LogP contribution in [0.2, 0.25) is 0 Å². The second kappa shape index (κ2) is 9.73. The van der Waals surface area contributed by atoms with Crippen molar-refractivity contribution in [2.24, 2.45) is 0 Å². The van der Waals surface area contributed by atoms with E-state index in [0.29, 0.717) is 16.6 Å². The lowest BCUT2D eigenvalue weighted by molar-refractivity contribution is -0.142. The van der Waals surface area contributed by atoms with Crippen LogP contribution in [0.25, 0.3) is 16.9 Å². The second-order valence-corrected chi connectivity index (χ2v) is 9.30. The third-order valence-corrected chi connectivity index (χ3v) is 6.11. The molecule has 0 atom stereocenters. The molecule has 1 N–H and O–H groups in total. The molecule has 0 saturated carbocycles. The maximum Gasteiger partial charge on any atom is 0.433 e. The van der Waals surface area contributed by atoms with E-state index in [-0.39, 0.29) is 28.8 Å². The molecule has 1 amide bonds. The number of amides is 1. The lowest BCUT2D eigenvalue weighted by atomic mass is 10.0. The average molecular weight is 520 g/mol. The Labute approximate surface area is 216 Å². The van der Waals surface area contributed by atoms with Crippen molar-refractivity contribution in [2.45, 2.75) is 39.4 Å². The molecule has 0 saturated heterocycles. The number of aryl methyl sites for hydroxylation is 1. The maximum absolute atomic E-state index is 13.9. The van der Waals surface area contributed by atoms with Gasteiger partial charge in [0.15, 0.2) is 11.3 Å². The predicted molar refractivity (Wildman–Crippen MR) is 136 cm³/mol. The van der Waals surface area contributed by atoms with Crippen molar-refractivity contribution in [1.29, 1.82) is 0 Å². The Balaban J connectivity index is 1.45. The number of anilines is 1. The largest absolute Gasteiger partial charge is 0.433 e. The minimum absolute atomic E-state index is 0.0120. The lowest BCUT2D eigenvalue weighted by Gasteiger charge is -2.12. The zero-order chi connectivity index (χ0) is 27.0. The van der Waals surface area contributed by atoms with Crippen molar-refractivity contribution in [2.75, 3.05) is 5.32 Å². The smallest absolute Gasteiger partial charge is 0.289 e. The van der Waals surface area contributed by atoms with E-state index in [4.69, 9.17) is 0 Å². The number of fused-ring (bicyclic) bond motifs is 1. The molecule has 38 heavy (non-hydrogen) atoms. The van der Waals surface area contributed by atoms with E-state index >= 15 is 0 Å². The van der Waals surface area contributed by atoms with Crippen LogP contribution in [-0.2, 0) is 12.7 Å². The molecule has 3 heterocycles. The maximum atomic E-state index is 13.9. The number of nitrogens with one attached hydrogen (secondary N) is 1. The highest BCUT2D eigenvalue weighted by Gasteiger charge is 2.36. The van der Waals surface area contributed by atoms with Crippen LogP contribution in [0, 0.1) is 6.92 Å². The fourth-order valence-electron chi connectivity index (χ4n) is 3.99. The number of halogens is 3. The highest BCUT2D eigenvalue weighted by molar-refractivity contribution is 6.07. The molecule has 0 bridgehead atoms. The quantitative estimate of drug-likeness (QED) is 0.309. The van der Waals surface area contributed by atoms with Crippen molar-refractivity contribution in [3.05, 3.63) is 95.1 Å². The van der Waals surface area contributed by atoms with Crippen molar-refractivity contribution in [1.82, 2.24) is 29.4 Å². The molecule has 194 valence electrons. The monoisotopic (exact) mass is 519 g/mol. The number of carbonyl (C=O) groups excluding carboxylic acids is 1. The number of rotatable bonds is 6. The van der Waals surface area contributed by atoms with E-state index in [9.17, 15) is 18.0 Å². The minimum Gasteiger partial charge on any atom is -0.289 e. The summed E-state index contributed by atoms with van der Waals surface area (Å²) in [5, 5.41) is 10.6. The molecule has 8 nitrogen and oxygen atoms in total. The van der Waals surface area contributed by atoms with Gasteiger partial charge in [0.05, 0.1) is 18.4 Å². The molecule has 0 radical (unpaired) electrons. The Hall–Kier alpha value is -4.54. The van der Waals surface area contributed by atoms with Crippen LogP contribution in [-0.4, -0.2) is 35.3 Å². The topological polar surface area (TPSA) is 90.0 Å². The summed E-state index contributed by atoms with van der Waals surface area (Å²) in [5.74, 6) is -0.441. The van der Waals surface area contributed by atoms with Crippen LogP contribution < -0.4 is 5.32 Å². The number of nitrogens with zero attached hydrogens (tertiary/aromatic N) is 6. The molecule has 5 aromatic rings. The van der Waals surface area contributed by atoms with Gasteiger partial charge < -0.3 is 0 Å². The van der Waals surface area contributed by atoms with Gasteiger partial charge in [0, 0.05) is 5.56 Å². The van der Waals surface area contributed by atoms with Crippen LogP contribution in [0.4, 0.5) is 19.1 Å². The van der Waals surface area contributed by atoms with Crippen LogP contribution in [0.3, 0.4) is 0 Å². The van der Waals surface area contributed by atoms with E-state index in [1.54, 1.807) is 16.8 Å². The summed E-state index contributed by atoms with van der Waals surface area (Å²) in [6.45, 7) is 6.48. The van der Waals surface area contributed by atoms with Gasteiger partial charge in [-0.3, -0.25) is 10.1 Å². The summed E-state index contributed by atoms with van der Waals surface area (Å²) in [4.78, 5) is 21.5. The molecule has 11 heteroatoms. The van der Waals surface area contributed by atoms with E-state index in [0.717, 1.165) is 29.0 Å². The van der Waals surface area contributed by atoms with E-state index < -0.39 is 17.8 Å². The van der Waals surface area contributed by atoms with Crippen molar-refractivity contribution >= 4 is 17.5 Å². The van der Waals surface area contributed by atoms with Gasteiger partial charge in [-0.05, 0) is 30.0 Å². The highest BCUT2D eigenvalue weighted by Crippen LogP contribution is 2.33. The van der Waals surface area contributed by atoms with E-state index in [1.807, 2.05) is 57.2 Å². The minimum atomic E-state index is -4.72. The molecule has 0 spiro atoms. The van der Waals surface area contributed by atoms with E-state index in [1.165, 1.54) is 6.33 Å². The predicted octanol–water partition coefficient (Wildman–Crippen LogP) is 5.74.